The summed E-state index contributed by atoms with van der Waals surface area (Å²) in [5.74, 6) is 0.160. The number of nitrogens with zero attached hydrogens (tertiary/aromatic N) is 2. The number of β-amino-alcohol motifs (C(OH)–C–C–N with tert-alkyl or cyclic N) is 1. The van der Waals surface area contributed by atoms with E-state index in [0.29, 0.717) is 39.4 Å². The second-order valence-corrected chi connectivity index (χ2v) is 4.17. The van der Waals surface area contributed by atoms with Crippen LogP contribution in [0.15, 0.2) is 0 Å². The molecule has 0 saturated carbocycles. The molecule has 2 saturated heterocycles. The standard InChI is InChI=1S/C10H18N2O3/c13-9-1-2-11(7-9)8-10(14)12-3-5-15-6-4-12/h9,13H,1-8H2. The third-order valence-electron chi connectivity index (χ3n) is 2.97. The molecule has 2 aliphatic heterocycles. The second-order valence-electron chi connectivity index (χ2n) is 4.17. The minimum absolute atomic E-state index is 0.160. The summed E-state index contributed by atoms with van der Waals surface area (Å²) in [6.45, 7) is 4.61. The third-order valence-corrected chi connectivity index (χ3v) is 2.97. The first-order valence-electron chi connectivity index (χ1n) is 5.51. The van der Waals surface area contributed by atoms with Gasteiger partial charge in [-0.25, -0.2) is 0 Å². The van der Waals surface area contributed by atoms with Crippen molar-refractivity contribution in [1.82, 2.24) is 9.80 Å². The van der Waals surface area contributed by atoms with Gasteiger partial charge in [-0.1, -0.05) is 0 Å². The Morgan fingerprint density at radius 1 is 1.33 bits per heavy atom. The first-order chi connectivity index (χ1) is 7.25. The summed E-state index contributed by atoms with van der Waals surface area (Å²) in [6.07, 6.45) is 0.540. The summed E-state index contributed by atoms with van der Waals surface area (Å²) in [7, 11) is 0. The number of ether oxygens (including phenoxy) is 1. The summed E-state index contributed by atoms with van der Waals surface area (Å²) in [5, 5.41) is 9.34. The SMILES string of the molecule is O=C(CN1CCC(O)C1)N1CCOCC1. The lowest BCUT2D eigenvalue weighted by atomic mass is 10.3. The van der Waals surface area contributed by atoms with E-state index in [-0.39, 0.29) is 12.0 Å². The van der Waals surface area contributed by atoms with Crippen LogP contribution in [0.2, 0.25) is 0 Å². The topological polar surface area (TPSA) is 53.0 Å². The number of morpholine rings is 1. The molecule has 1 N–H and O–H groups in total. The minimum Gasteiger partial charge on any atom is -0.392 e. The molecule has 0 spiro atoms. The molecule has 0 aromatic heterocycles. The average molecular weight is 214 g/mol. The number of hydrogen-bond acceptors (Lipinski definition) is 4. The highest BCUT2D eigenvalue weighted by Crippen LogP contribution is 2.09. The lowest BCUT2D eigenvalue weighted by Crippen LogP contribution is -2.45. The Labute approximate surface area is 89.6 Å². The van der Waals surface area contributed by atoms with Gasteiger partial charge >= 0.3 is 0 Å². The first kappa shape index (κ1) is 10.9. The Morgan fingerprint density at radius 3 is 2.67 bits per heavy atom. The molecule has 0 radical (unpaired) electrons. The molecule has 5 nitrogen and oxygen atoms in total. The molecule has 0 bridgehead atoms. The zero-order valence-corrected chi connectivity index (χ0v) is 8.89. The van der Waals surface area contributed by atoms with Crippen LogP contribution in [-0.4, -0.2) is 72.9 Å². The Hall–Kier alpha value is -0.650. The number of aliphatic hydroxyl groups is 1. The molecule has 2 heterocycles. The van der Waals surface area contributed by atoms with Crippen molar-refractivity contribution in [2.24, 2.45) is 0 Å². The van der Waals surface area contributed by atoms with Gasteiger partial charge in [0.15, 0.2) is 0 Å². The highest BCUT2D eigenvalue weighted by molar-refractivity contribution is 5.78. The molecule has 0 aliphatic carbocycles. The van der Waals surface area contributed by atoms with Crippen LogP contribution < -0.4 is 0 Å². The third kappa shape index (κ3) is 2.90. The predicted octanol–water partition coefficient (Wildman–Crippen LogP) is -1.09. The highest BCUT2D eigenvalue weighted by atomic mass is 16.5. The predicted molar refractivity (Wildman–Crippen MR) is 54.5 cm³/mol. The Bertz CT molecular complexity index is 229. The lowest BCUT2D eigenvalue weighted by molar-refractivity contribution is -0.136. The Kier molecular flexibility index (Phi) is 3.56. The van der Waals surface area contributed by atoms with E-state index >= 15 is 0 Å². The van der Waals surface area contributed by atoms with Crippen molar-refractivity contribution in [1.29, 1.82) is 0 Å². The van der Waals surface area contributed by atoms with E-state index in [1.165, 1.54) is 0 Å². The van der Waals surface area contributed by atoms with E-state index in [1.54, 1.807) is 0 Å². The van der Waals surface area contributed by atoms with Crippen LogP contribution in [0, 0.1) is 0 Å². The molecule has 2 fully saturated rings. The van der Waals surface area contributed by atoms with E-state index in [1.807, 2.05) is 9.80 Å². The van der Waals surface area contributed by atoms with Crippen molar-refractivity contribution >= 4 is 5.91 Å². The molecular weight excluding hydrogens is 196 g/mol. The van der Waals surface area contributed by atoms with E-state index in [2.05, 4.69) is 0 Å². The smallest absolute Gasteiger partial charge is 0.236 e. The second kappa shape index (κ2) is 4.92. The van der Waals surface area contributed by atoms with E-state index in [0.717, 1.165) is 13.0 Å². The van der Waals surface area contributed by atoms with Crippen molar-refractivity contribution in [3.8, 4) is 0 Å². The van der Waals surface area contributed by atoms with E-state index < -0.39 is 0 Å². The fourth-order valence-corrected chi connectivity index (χ4v) is 2.06. The highest BCUT2D eigenvalue weighted by Gasteiger charge is 2.24. The van der Waals surface area contributed by atoms with E-state index in [4.69, 9.17) is 4.74 Å². The zero-order chi connectivity index (χ0) is 10.7. The van der Waals surface area contributed by atoms with Gasteiger partial charge in [-0.05, 0) is 6.42 Å². The van der Waals surface area contributed by atoms with Gasteiger partial charge in [-0.2, -0.15) is 0 Å². The summed E-state index contributed by atoms with van der Waals surface area (Å²) >= 11 is 0. The van der Waals surface area contributed by atoms with Crippen molar-refractivity contribution in [2.75, 3.05) is 45.9 Å². The number of hydrogen-bond donors (Lipinski definition) is 1. The van der Waals surface area contributed by atoms with E-state index in [9.17, 15) is 9.90 Å². The van der Waals surface area contributed by atoms with Crippen LogP contribution in [0.4, 0.5) is 0 Å². The largest absolute Gasteiger partial charge is 0.392 e. The number of likely N-dealkylation sites (tertiary alicyclic amines) is 1. The van der Waals surface area contributed by atoms with Crippen LogP contribution in [0.25, 0.3) is 0 Å². The molecule has 1 atom stereocenters. The monoisotopic (exact) mass is 214 g/mol. The maximum absolute atomic E-state index is 11.8. The van der Waals surface area contributed by atoms with Crippen LogP contribution in [0.3, 0.4) is 0 Å². The van der Waals surface area contributed by atoms with Gasteiger partial charge in [0.1, 0.15) is 0 Å². The Morgan fingerprint density at radius 2 is 2.07 bits per heavy atom. The van der Waals surface area contributed by atoms with Gasteiger partial charge in [0, 0.05) is 26.2 Å². The average Bonchev–Trinajstić information content (AvgIpc) is 2.65. The molecule has 1 amide bonds. The maximum atomic E-state index is 11.8. The molecule has 15 heavy (non-hydrogen) atoms. The quantitative estimate of drug-likeness (QED) is 0.635. The molecular formula is C10H18N2O3. The van der Waals surface area contributed by atoms with Gasteiger partial charge in [0.05, 0.1) is 25.9 Å². The number of carbonyl (C=O) groups excluding carboxylic acids is 1. The summed E-state index contributed by atoms with van der Waals surface area (Å²) in [4.78, 5) is 15.7. The van der Waals surface area contributed by atoms with Crippen molar-refractivity contribution in [3.05, 3.63) is 0 Å². The van der Waals surface area contributed by atoms with Crippen LogP contribution >= 0.6 is 0 Å². The molecule has 5 heteroatoms. The number of amides is 1. The lowest BCUT2D eigenvalue weighted by Gasteiger charge is -2.28. The normalized spacial score (nSPS) is 28.3. The van der Waals surface area contributed by atoms with Gasteiger partial charge in [0.25, 0.3) is 0 Å². The maximum Gasteiger partial charge on any atom is 0.236 e. The first-order valence-corrected chi connectivity index (χ1v) is 5.51. The van der Waals surface area contributed by atoms with Crippen molar-refractivity contribution < 1.29 is 14.6 Å². The fourth-order valence-electron chi connectivity index (χ4n) is 2.06. The number of carbonyl (C=O) groups is 1. The fraction of sp³-hybridized carbons (Fsp3) is 0.900. The number of rotatable bonds is 2. The van der Waals surface area contributed by atoms with Crippen LogP contribution in [0.1, 0.15) is 6.42 Å². The molecule has 1 unspecified atom stereocenters. The van der Waals surface area contributed by atoms with Gasteiger partial charge in [-0.3, -0.25) is 9.69 Å². The summed E-state index contributed by atoms with van der Waals surface area (Å²) < 4.78 is 5.19. The molecule has 2 rings (SSSR count). The molecule has 2 aliphatic rings. The molecule has 0 aromatic rings. The van der Waals surface area contributed by atoms with Gasteiger partial charge in [0.2, 0.25) is 5.91 Å². The van der Waals surface area contributed by atoms with Crippen LogP contribution in [0.5, 0.6) is 0 Å². The minimum atomic E-state index is -0.248. The van der Waals surface area contributed by atoms with Crippen LogP contribution in [-0.2, 0) is 9.53 Å². The van der Waals surface area contributed by atoms with Gasteiger partial charge in [-0.15, -0.1) is 0 Å². The zero-order valence-electron chi connectivity index (χ0n) is 8.89. The van der Waals surface area contributed by atoms with Crippen molar-refractivity contribution in [2.45, 2.75) is 12.5 Å². The summed E-state index contributed by atoms with van der Waals surface area (Å²) in [5.41, 5.74) is 0. The summed E-state index contributed by atoms with van der Waals surface area (Å²) in [6, 6.07) is 0. The Balaban J connectivity index is 1.76. The molecule has 0 aromatic carbocycles. The molecule has 86 valence electrons. The van der Waals surface area contributed by atoms with Gasteiger partial charge < -0.3 is 14.7 Å². The number of aliphatic hydroxyl groups excluding tert-OH is 1. The van der Waals surface area contributed by atoms with Crippen molar-refractivity contribution in [3.63, 3.8) is 0 Å².